The number of rotatable bonds is 8. The molecule has 1 fully saturated rings. The number of anilines is 1. The normalized spacial score (nSPS) is 15.6. The highest BCUT2D eigenvalue weighted by molar-refractivity contribution is 6.31. The Morgan fingerprint density at radius 2 is 2.29 bits per heavy atom. The summed E-state index contributed by atoms with van der Waals surface area (Å²) < 4.78 is 14.3. The smallest absolute Gasteiger partial charge is 0.261 e. The van der Waals surface area contributed by atoms with Gasteiger partial charge >= 0.3 is 0 Å². The van der Waals surface area contributed by atoms with E-state index in [9.17, 15) is 4.79 Å². The Morgan fingerprint density at radius 3 is 3.12 bits per heavy atom. The number of methoxy groups -OCH3 is 1. The van der Waals surface area contributed by atoms with Crippen LogP contribution in [0.5, 0.6) is 5.75 Å². The van der Waals surface area contributed by atoms with Crippen LogP contribution in [0.1, 0.15) is 16.8 Å². The highest BCUT2D eigenvalue weighted by Crippen LogP contribution is 2.36. The fraction of sp³-hybridized carbons (Fsp3) is 0.304. The summed E-state index contributed by atoms with van der Waals surface area (Å²) in [5, 5.41) is 15.9. The second-order valence-corrected chi connectivity index (χ2v) is 8.35. The molecule has 176 valence electrons. The number of halogens is 1. The van der Waals surface area contributed by atoms with Gasteiger partial charge in [-0.2, -0.15) is 10.2 Å². The molecular formula is C23H24ClN7O3. The van der Waals surface area contributed by atoms with Crippen LogP contribution in [-0.4, -0.2) is 63.2 Å². The topological polar surface area (TPSA) is 108 Å². The van der Waals surface area contributed by atoms with E-state index in [1.807, 2.05) is 0 Å². The van der Waals surface area contributed by atoms with Crippen LogP contribution in [0.3, 0.4) is 0 Å². The van der Waals surface area contributed by atoms with Crippen LogP contribution in [-0.2, 0) is 11.3 Å². The Kier molecular flexibility index (Phi) is 6.43. The molecule has 0 radical (unpaired) electrons. The number of nitrogens with one attached hydrogen (secondary N) is 2. The molecule has 0 spiro atoms. The van der Waals surface area contributed by atoms with E-state index in [0.29, 0.717) is 58.1 Å². The summed E-state index contributed by atoms with van der Waals surface area (Å²) in [7, 11) is 1.58. The van der Waals surface area contributed by atoms with E-state index in [2.05, 4.69) is 20.7 Å². The van der Waals surface area contributed by atoms with Crippen LogP contribution in [0.2, 0.25) is 5.02 Å². The van der Waals surface area contributed by atoms with Crippen molar-refractivity contribution in [2.75, 3.05) is 32.2 Å². The highest BCUT2D eigenvalue weighted by atomic mass is 35.5. The number of carbonyl (C=O) groups is 1. The third-order valence-corrected chi connectivity index (χ3v) is 5.89. The molecule has 1 aliphatic rings. The predicted molar refractivity (Wildman–Crippen MR) is 127 cm³/mol. The minimum absolute atomic E-state index is 0.336. The second kappa shape index (κ2) is 9.80. The Labute approximate surface area is 200 Å². The largest absolute Gasteiger partial charge is 0.496 e. The van der Waals surface area contributed by atoms with Gasteiger partial charge in [-0.15, -0.1) is 0 Å². The van der Waals surface area contributed by atoms with Crippen LogP contribution in [0.15, 0.2) is 49.1 Å². The first-order valence-corrected chi connectivity index (χ1v) is 11.3. The van der Waals surface area contributed by atoms with Gasteiger partial charge in [-0.1, -0.05) is 11.6 Å². The molecule has 0 saturated carbocycles. The van der Waals surface area contributed by atoms with Crippen LogP contribution in [0.4, 0.5) is 5.69 Å². The Hall–Kier alpha value is -3.47. The van der Waals surface area contributed by atoms with Crippen molar-refractivity contribution in [3.63, 3.8) is 0 Å². The van der Waals surface area contributed by atoms with Crippen molar-refractivity contribution in [3.8, 4) is 17.0 Å². The number of fused-ring (bicyclic) bond motifs is 1. The van der Waals surface area contributed by atoms with Crippen LogP contribution >= 0.6 is 11.6 Å². The Balaban J connectivity index is 1.44. The third kappa shape index (κ3) is 4.60. The molecule has 11 heteroatoms. The monoisotopic (exact) mass is 481 g/mol. The van der Waals surface area contributed by atoms with Gasteiger partial charge in [-0.25, -0.2) is 9.50 Å². The van der Waals surface area contributed by atoms with E-state index < -0.39 is 0 Å². The van der Waals surface area contributed by atoms with Gasteiger partial charge in [0.1, 0.15) is 17.0 Å². The number of benzene rings is 1. The van der Waals surface area contributed by atoms with Crippen molar-refractivity contribution in [1.82, 2.24) is 29.7 Å². The molecule has 10 nitrogen and oxygen atoms in total. The molecule has 4 aromatic rings. The first kappa shape index (κ1) is 22.3. The van der Waals surface area contributed by atoms with E-state index >= 15 is 0 Å². The molecule has 1 aromatic carbocycles. The average Bonchev–Trinajstić information content (AvgIpc) is 3.59. The number of hydrogen-bond acceptors (Lipinski definition) is 7. The zero-order chi connectivity index (χ0) is 23.5. The van der Waals surface area contributed by atoms with E-state index in [4.69, 9.17) is 26.2 Å². The molecule has 4 heterocycles. The Morgan fingerprint density at radius 1 is 1.38 bits per heavy atom. The van der Waals surface area contributed by atoms with Gasteiger partial charge in [0, 0.05) is 48.4 Å². The summed E-state index contributed by atoms with van der Waals surface area (Å²) in [6, 6.07) is 7.40. The standard InChI is InChI=1S/C23H24ClN7O3/c1-33-20-4-3-15(24)11-17(20)21-19(13-30(29-21)9-7-25-16-5-10-34-14-16)28-23(32)18-12-27-31-8-2-6-26-22(18)31/h2-4,6,8,11-13,16,25H,5,7,9-10,14H2,1H3,(H,28,32). The molecule has 2 N–H and O–H groups in total. The summed E-state index contributed by atoms with van der Waals surface area (Å²) in [6.07, 6.45) is 7.66. The fourth-order valence-corrected chi connectivity index (χ4v) is 4.12. The molecular weight excluding hydrogens is 458 g/mol. The van der Waals surface area contributed by atoms with Crippen molar-refractivity contribution in [2.45, 2.75) is 19.0 Å². The molecule has 1 saturated heterocycles. The summed E-state index contributed by atoms with van der Waals surface area (Å²) in [4.78, 5) is 17.4. The second-order valence-electron chi connectivity index (χ2n) is 7.91. The lowest BCUT2D eigenvalue weighted by Crippen LogP contribution is -2.32. The first-order valence-electron chi connectivity index (χ1n) is 10.9. The number of nitrogens with zero attached hydrogens (tertiary/aromatic N) is 5. The minimum Gasteiger partial charge on any atom is -0.496 e. The summed E-state index contributed by atoms with van der Waals surface area (Å²) in [5.74, 6) is 0.265. The Bertz CT molecular complexity index is 1310. The lowest BCUT2D eigenvalue weighted by atomic mass is 10.1. The van der Waals surface area contributed by atoms with Gasteiger partial charge in [0.2, 0.25) is 0 Å². The number of ether oxygens (including phenoxy) is 2. The van der Waals surface area contributed by atoms with Crippen LogP contribution in [0, 0.1) is 0 Å². The fourth-order valence-electron chi connectivity index (χ4n) is 3.95. The lowest BCUT2D eigenvalue weighted by Gasteiger charge is -2.10. The molecule has 1 aliphatic heterocycles. The van der Waals surface area contributed by atoms with E-state index in [1.54, 1.807) is 59.2 Å². The summed E-state index contributed by atoms with van der Waals surface area (Å²) in [6.45, 7) is 2.83. The van der Waals surface area contributed by atoms with Crippen molar-refractivity contribution in [3.05, 3.63) is 59.6 Å². The lowest BCUT2D eigenvalue weighted by molar-refractivity contribution is 0.102. The zero-order valence-electron chi connectivity index (χ0n) is 18.6. The van der Waals surface area contributed by atoms with Crippen LogP contribution < -0.4 is 15.4 Å². The quantitative estimate of drug-likeness (QED) is 0.398. The highest BCUT2D eigenvalue weighted by Gasteiger charge is 2.21. The number of hydrogen-bond donors (Lipinski definition) is 2. The molecule has 0 aliphatic carbocycles. The van der Waals surface area contributed by atoms with E-state index in [0.717, 1.165) is 19.6 Å². The maximum absolute atomic E-state index is 13.2. The maximum Gasteiger partial charge on any atom is 0.261 e. The van der Waals surface area contributed by atoms with E-state index in [-0.39, 0.29) is 5.91 Å². The van der Waals surface area contributed by atoms with Crippen molar-refractivity contribution < 1.29 is 14.3 Å². The molecule has 1 atom stereocenters. The zero-order valence-corrected chi connectivity index (χ0v) is 19.3. The number of amides is 1. The molecule has 3 aromatic heterocycles. The molecule has 1 unspecified atom stereocenters. The minimum atomic E-state index is -0.336. The predicted octanol–water partition coefficient (Wildman–Crippen LogP) is 2.89. The summed E-state index contributed by atoms with van der Waals surface area (Å²) >= 11 is 6.27. The summed E-state index contributed by atoms with van der Waals surface area (Å²) in [5.41, 5.74) is 2.60. The molecule has 5 rings (SSSR count). The van der Waals surface area contributed by atoms with Crippen molar-refractivity contribution >= 4 is 28.8 Å². The van der Waals surface area contributed by atoms with Crippen molar-refractivity contribution in [1.29, 1.82) is 0 Å². The first-order chi connectivity index (χ1) is 16.6. The van der Waals surface area contributed by atoms with Gasteiger partial charge < -0.3 is 20.1 Å². The molecule has 1 amide bonds. The van der Waals surface area contributed by atoms with Gasteiger partial charge in [-0.05, 0) is 30.7 Å². The van der Waals surface area contributed by atoms with Gasteiger partial charge in [0.05, 0.1) is 32.1 Å². The van der Waals surface area contributed by atoms with Crippen LogP contribution in [0.25, 0.3) is 16.9 Å². The number of carbonyl (C=O) groups excluding carboxylic acids is 1. The van der Waals surface area contributed by atoms with Gasteiger partial charge in [-0.3, -0.25) is 9.48 Å². The van der Waals surface area contributed by atoms with E-state index in [1.165, 1.54) is 6.20 Å². The van der Waals surface area contributed by atoms with Crippen molar-refractivity contribution in [2.24, 2.45) is 0 Å². The van der Waals surface area contributed by atoms with Gasteiger partial charge in [0.15, 0.2) is 5.65 Å². The third-order valence-electron chi connectivity index (χ3n) is 5.65. The maximum atomic E-state index is 13.2. The average molecular weight is 482 g/mol. The SMILES string of the molecule is COc1ccc(Cl)cc1-c1nn(CCNC2CCOC2)cc1NC(=O)c1cnn2cccnc12. The number of aromatic nitrogens is 5. The molecule has 0 bridgehead atoms. The molecule has 34 heavy (non-hydrogen) atoms. The van der Waals surface area contributed by atoms with Gasteiger partial charge in [0.25, 0.3) is 5.91 Å².